The van der Waals surface area contributed by atoms with Crippen molar-refractivity contribution in [3.63, 3.8) is 0 Å². The minimum absolute atomic E-state index is 0.0502. The Labute approximate surface area is 168 Å². The highest BCUT2D eigenvalue weighted by Crippen LogP contribution is 2.21. The summed E-state index contributed by atoms with van der Waals surface area (Å²) in [5.74, 6) is -1.32. The summed E-state index contributed by atoms with van der Waals surface area (Å²) in [6.07, 6.45) is 2.51. The summed E-state index contributed by atoms with van der Waals surface area (Å²) in [4.78, 5) is 41.8. The number of rotatable bonds is 7. The van der Waals surface area contributed by atoms with E-state index in [1.165, 1.54) is 0 Å². The topological polar surface area (TPSA) is 79.5 Å². The van der Waals surface area contributed by atoms with E-state index in [-0.39, 0.29) is 24.7 Å². The molecule has 1 atom stereocenters. The molecule has 0 aliphatic carbocycles. The van der Waals surface area contributed by atoms with Gasteiger partial charge >= 0.3 is 5.97 Å². The molecule has 148 valence electrons. The number of ketones is 1. The predicted octanol–water partition coefficient (Wildman–Crippen LogP) is 2.99. The van der Waals surface area contributed by atoms with Crippen molar-refractivity contribution in [1.82, 2.24) is 9.88 Å². The molecule has 6 nitrogen and oxygen atoms in total. The van der Waals surface area contributed by atoms with Crippen LogP contribution in [0.25, 0.3) is 10.9 Å². The molecule has 1 amide bonds. The maximum Gasteiger partial charge on any atom is 0.311 e. The number of likely N-dealkylation sites (tertiary alicyclic amines) is 1. The normalized spacial score (nSPS) is 16.3. The summed E-state index contributed by atoms with van der Waals surface area (Å²) in [5.41, 5.74) is 2.51. The average molecular weight is 390 g/mol. The molecule has 4 rings (SSSR count). The second kappa shape index (κ2) is 8.31. The summed E-state index contributed by atoms with van der Waals surface area (Å²) < 4.78 is 5.24. The van der Waals surface area contributed by atoms with Gasteiger partial charge in [-0.1, -0.05) is 48.5 Å². The highest BCUT2D eigenvalue weighted by molar-refractivity contribution is 6.08. The lowest BCUT2D eigenvalue weighted by Gasteiger charge is -2.16. The Morgan fingerprint density at radius 2 is 1.83 bits per heavy atom. The lowest BCUT2D eigenvalue weighted by Crippen LogP contribution is -2.29. The van der Waals surface area contributed by atoms with Crippen LogP contribution in [0.1, 0.15) is 22.3 Å². The first-order valence-electron chi connectivity index (χ1n) is 9.69. The second-order valence-corrected chi connectivity index (χ2v) is 7.26. The van der Waals surface area contributed by atoms with E-state index in [1.54, 1.807) is 11.1 Å². The molecule has 6 heteroatoms. The number of fused-ring (bicyclic) bond motifs is 1. The lowest BCUT2D eigenvalue weighted by atomic mass is 10.1. The number of ether oxygens (including phenoxy) is 1. The standard InChI is InChI=1S/C23H22N2O4/c26-21(19-13-24-20-9-5-4-8-18(19)20)15-29-23(28)17-12-22(27)25(14-17)11-10-16-6-2-1-3-7-16/h1-9,13,17,24H,10-12,14-15H2/t17-/m1/s1. The smallest absolute Gasteiger partial charge is 0.311 e. The van der Waals surface area contributed by atoms with Gasteiger partial charge in [-0.05, 0) is 18.1 Å². The Bertz CT molecular complexity index is 1040. The van der Waals surface area contributed by atoms with Crippen LogP contribution < -0.4 is 0 Å². The van der Waals surface area contributed by atoms with E-state index >= 15 is 0 Å². The molecular formula is C23H22N2O4. The summed E-state index contributed by atoms with van der Waals surface area (Å²) in [6.45, 7) is 0.585. The molecule has 1 aliphatic heterocycles. The zero-order valence-corrected chi connectivity index (χ0v) is 16.0. The van der Waals surface area contributed by atoms with Gasteiger partial charge in [-0.2, -0.15) is 0 Å². The molecule has 1 saturated heterocycles. The van der Waals surface area contributed by atoms with Gasteiger partial charge in [0.25, 0.3) is 0 Å². The Morgan fingerprint density at radius 1 is 1.07 bits per heavy atom. The summed E-state index contributed by atoms with van der Waals surface area (Å²) in [5, 5.41) is 0.802. The van der Waals surface area contributed by atoms with Gasteiger partial charge in [0.15, 0.2) is 6.61 Å². The minimum atomic E-state index is -0.519. The van der Waals surface area contributed by atoms with Crippen molar-refractivity contribution in [2.24, 2.45) is 5.92 Å². The number of hydrogen-bond acceptors (Lipinski definition) is 4. The number of nitrogens with one attached hydrogen (secondary N) is 1. The quantitative estimate of drug-likeness (QED) is 0.497. The fraction of sp³-hybridized carbons (Fsp3) is 0.261. The summed E-state index contributed by atoms with van der Waals surface area (Å²) in [6, 6.07) is 17.4. The fourth-order valence-corrected chi connectivity index (χ4v) is 3.69. The van der Waals surface area contributed by atoms with Crippen LogP contribution >= 0.6 is 0 Å². The fourth-order valence-electron chi connectivity index (χ4n) is 3.69. The van der Waals surface area contributed by atoms with Crippen molar-refractivity contribution >= 4 is 28.6 Å². The van der Waals surface area contributed by atoms with Crippen LogP contribution in [0, 0.1) is 5.92 Å². The van der Waals surface area contributed by atoms with Crippen molar-refractivity contribution in [1.29, 1.82) is 0 Å². The molecule has 0 spiro atoms. The summed E-state index contributed by atoms with van der Waals surface area (Å²) >= 11 is 0. The van der Waals surface area contributed by atoms with Crippen molar-refractivity contribution < 1.29 is 19.1 Å². The zero-order chi connectivity index (χ0) is 20.2. The van der Waals surface area contributed by atoms with E-state index in [0.717, 1.165) is 22.9 Å². The first-order valence-corrected chi connectivity index (χ1v) is 9.69. The number of benzene rings is 2. The van der Waals surface area contributed by atoms with E-state index in [2.05, 4.69) is 4.98 Å². The monoisotopic (exact) mass is 390 g/mol. The number of Topliss-reactive ketones (excluding diaryl/α,β-unsaturated/α-hetero) is 1. The number of amides is 1. The highest BCUT2D eigenvalue weighted by atomic mass is 16.5. The van der Waals surface area contributed by atoms with Gasteiger partial charge in [0, 0.05) is 42.2 Å². The van der Waals surface area contributed by atoms with Crippen molar-refractivity contribution in [2.45, 2.75) is 12.8 Å². The number of aromatic amines is 1. The summed E-state index contributed by atoms with van der Waals surface area (Å²) in [7, 11) is 0. The number of carbonyl (C=O) groups excluding carboxylic acids is 3. The number of para-hydroxylation sites is 1. The zero-order valence-electron chi connectivity index (χ0n) is 16.0. The third-order valence-electron chi connectivity index (χ3n) is 5.30. The average Bonchev–Trinajstić information content (AvgIpc) is 3.34. The minimum Gasteiger partial charge on any atom is -0.457 e. The lowest BCUT2D eigenvalue weighted by molar-refractivity contribution is -0.147. The van der Waals surface area contributed by atoms with Crippen LogP contribution in [0.15, 0.2) is 60.8 Å². The van der Waals surface area contributed by atoms with Gasteiger partial charge in [0.1, 0.15) is 0 Å². The number of carbonyl (C=O) groups is 3. The van der Waals surface area contributed by atoms with Crippen LogP contribution in [0.3, 0.4) is 0 Å². The van der Waals surface area contributed by atoms with Gasteiger partial charge < -0.3 is 14.6 Å². The van der Waals surface area contributed by atoms with Crippen LogP contribution in [-0.4, -0.2) is 47.2 Å². The molecule has 0 radical (unpaired) electrons. The second-order valence-electron chi connectivity index (χ2n) is 7.26. The Kier molecular flexibility index (Phi) is 5.42. The van der Waals surface area contributed by atoms with E-state index in [4.69, 9.17) is 4.74 Å². The van der Waals surface area contributed by atoms with Crippen LogP contribution in [0.4, 0.5) is 0 Å². The molecule has 1 fully saturated rings. The number of aromatic nitrogens is 1. The molecule has 0 bridgehead atoms. The molecule has 2 heterocycles. The molecule has 29 heavy (non-hydrogen) atoms. The molecular weight excluding hydrogens is 368 g/mol. The number of hydrogen-bond donors (Lipinski definition) is 1. The van der Waals surface area contributed by atoms with Gasteiger partial charge in [0.05, 0.1) is 5.92 Å². The van der Waals surface area contributed by atoms with Crippen molar-refractivity contribution in [2.75, 3.05) is 19.7 Å². The van der Waals surface area contributed by atoms with Crippen LogP contribution in [-0.2, 0) is 20.7 Å². The third-order valence-corrected chi connectivity index (χ3v) is 5.30. The Hall–Kier alpha value is -3.41. The molecule has 0 saturated carbocycles. The maximum atomic E-state index is 12.5. The Morgan fingerprint density at radius 3 is 2.66 bits per heavy atom. The first-order chi connectivity index (χ1) is 14.1. The SMILES string of the molecule is O=C(COC(=O)[C@@H]1CC(=O)N(CCc2ccccc2)C1)c1c[nH]c2ccccc12. The highest BCUT2D eigenvalue weighted by Gasteiger charge is 2.35. The first kappa shape index (κ1) is 18.9. The third kappa shape index (κ3) is 4.21. The van der Waals surface area contributed by atoms with E-state index in [1.807, 2.05) is 54.6 Å². The van der Waals surface area contributed by atoms with Crippen molar-refractivity contribution in [3.8, 4) is 0 Å². The molecule has 0 unspecified atom stereocenters. The van der Waals surface area contributed by atoms with Gasteiger partial charge in [-0.25, -0.2) is 0 Å². The predicted molar refractivity (Wildman–Crippen MR) is 108 cm³/mol. The van der Waals surface area contributed by atoms with Crippen LogP contribution in [0.2, 0.25) is 0 Å². The Balaban J connectivity index is 1.29. The number of esters is 1. The number of H-pyrrole nitrogens is 1. The van der Waals surface area contributed by atoms with Crippen molar-refractivity contribution in [3.05, 3.63) is 71.9 Å². The van der Waals surface area contributed by atoms with Gasteiger partial charge in [0.2, 0.25) is 11.7 Å². The van der Waals surface area contributed by atoms with E-state index < -0.39 is 11.9 Å². The number of nitrogens with zero attached hydrogens (tertiary/aromatic N) is 1. The molecule has 1 aromatic heterocycles. The van der Waals surface area contributed by atoms with E-state index in [0.29, 0.717) is 18.7 Å². The molecule has 3 aromatic rings. The van der Waals surface area contributed by atoms with E-state index in [9.17, 15) is 14.4 Å². The molecule has 1 aliphatic rings. The molecule has 1 N–H and O–H groups in total. The largest absolute Gasteiger partial charge is 0.457 e. The molecule has 2 aromatic carbocycles. The van der Waals surface area contributed by atoms with Crippen LogP contribution in [0.5, 0.6) is 0 Å². The maximum absolute atomic E-state index is 12.5. The van der Waals surface area contributed by atoms with Gasteiger partial charge in [-0.3, -0.25) is 14.4 Å². The van der Waals surface area contributed by atoms with Gasteiger partial charge in [-0.15, -0.1) is 0 Å².